The fourth-order valence-corrected chi connectivity index (χ4v) is 5.06. The van der Waals surface area contributed by atoms with Gasteiger partial charge in [0.25, 0.3) is 0 Å². The van der Waals surface area contributed by atoms with Gasteiger partial charge in [0.2, 0.25) is 17.7 Å². The van der Waals surface area contributed by atoms with Crippen LogP contribution in [0.25, 0.3) is 11.0 Å². The summed E-state index contributed by atoms with van der Waals surface area (Å²) in [7, 11) is 0. The van der Waals surface area contributed by atoms with E-state index in [0.717, 1.165) is 24.0 Å². The number of allylic oxidation sites excluding steroid dienone is 2. The van der Waals surface area contributed by atoms with Gasteiger partial charge in [0.05, 0.1) is 29.2 Å². The molecule has 2 aromatic rings. The number of aryl methyl sites for hydroxylation is 1. The summed E-state index contributed by atoms with van der Waals surface area (Å²) >= 11 is 0. The minimum Gasteiger partial charge on any atom is -0.331 e. The van der Waals surface area contributed by atoms with E-state index in [0.29, 0.717) is 5.69 Å². The summed E-state index contributed by atoms with van der Waals surface area (Å²) in [5, 5.41) is 2.83. The van der Waals surface area contributed by atoms with E-state index in [9.17, 15) is 14.4 Å². The number of amides is 3. The first kappa shape index (κ1) is 17.2. The number of nitrogens with zero attached hydrogens (tertiary/aromatic N) is 3. The Bertz CT molecular complexity index is 1010. The van der Waals surface area contributed by atoms with Crippen LogP contribution >= 0.6 is 0 Å². The van der Waals surface area contributed by atoms with Crippen molar-refractivity contribution in [3.63, 3.8) is 0 Å². The summed E-state index contributed by atoms with van der Waals surface area (Å²) in [6.45, 7) is 4.48. The SMILES string of the molecule is CCn1cnc2cc(NC(=O)C(C)N3C(=O)C4C5C=CC(C5)C4C3=O)ccc21. The minimum atomic E-state index is -0.839. The smallest absolute Gasteiger partial charge is 0.247 e. The van der Waals surface area contributed by atoms with Gasteiger partial charge in [-0.1, -0.05) is 12.2 Å². The average Bonchev–Trinajstić information content (AvgIpc) is 3.44. The topological polar surface area (TPSA) is 84.3 Å². The maximum atomic E-state index is 12.9. The van der Waals surface area contributed by atoms with Gasteiger partial charge >= 0.3 is 0 Å². The van der Waals surface area contributed by atoms with Crippen molar-refractivity contribution in [3.8, 4) is 0 Å². The Labute approximate surface area is 162 Å². The van der Waals surface area contributed by atoms with E-state index in [1.165, 1.54) is 4.90 Å². The van der Waals surface area contributed by atoms with Crippen molar-refractivity contribution in [1.82, 2.24) is 14.5 Å². The largest absolute Gasteiger partial charge is 0.331 e. The highest BCUT2D eigenvalue weighted by Gasteiger charge is 2.60. The number of fused-ring (bicyclic) bond motifs is 6. The maximum absolute atomic E-state index is 12.9. The fourth-order valence-electron chi connectivity index (χ4n) is 5.06. The van der Waals surface area contributed by atoms with Crippen LogP contribution in [0.15, 0.2) is 36.7 Å². The number of carbonyl (C=O) groups excluding carboxylic acids is 3. The molecule has 1 saturated heterocycles. The fraction of sp³-hybridized carbons (Fsp3) is 0.429. The molecule has 7 nitrogen and oxygen atoms in total. The molecule has 1 saturated carbocycles. The molecule has 3 aliphatic rings. The molecule has 0 spiro atoms. The van der Waals surface area contributed by atoms with Gasteiger partial charge in [0.1, 0.15) is 6.04 Å². The van der Waals surface area contributed by atoms with Crippen molar-refractivity contribution in [1.29, 1.82) is 0 Å². The predicted octanol–water partition coefficient (Wildman–Crippen LogP) is 2.19. The van der Waals surface area contributed by atoms with E-state index in [2.05, 4.69) is 22.5 Å². The molecule has 5 rings (SSSR count). The van der Waals surface area contributed by atoms with Gasteiger partial charge in [-0.2, -0.15) is 0 Å². The molecular formula is C21H22N4O3. The number of hydrogen-bond acceptors (Lipinski definition) is 4. The minimum absolute atomic E-state index is 0.141. The van der Waals surface area contributed by atoms with Crippen LogP contribution in [0.4, 0.5) is 5.69 Å². The Morgan fingerprint density at radius 2 is 1.89 bits per heavy atom. The monoisotopic (exact) mass is 378 g/mol. The molecule has 2 heterocycles. The van der Waals surface area contributed by atoms with Gasteiger partial charge in [-0.25, -0.2) is 4.98 Å². The van der Waals surface area contributed by atoms with Crippen molar-refractivity contribution < 1.29 is 14.4 Å². The quantitative estimate of drug-likeness (QED) is 0.653. The van der Waals surface area contributed by atoms with Gasteiger partial charge < -0.3 is 9.88 Å². The van der Waals surface area contributed by atoms with Crippen LogP contribution in [-0.2, 0) is 20.9 Å². The second-order valence-corrected chi connectivity index (χ2v) is 7.95. The molecule has 7 heteroatoms. The van der Waals surface area contributed by atoms with Crippen LogP contribution in [0.3, 0.4) is 0 Å². The van der Waals surface area contributed by atoms with Crippen LogP contribution in [0.2, 0.25) is 0 Å². The first-order valence-corrected chi connectivity index (χ1v) is 9.80. The van der Waals surface area contributed by atoms with Gasteiger partial charge in [0.15, 0.2) is 0 Å². The van der Waals surface area contributed by atoms with Crippen LogP contribution in [0, 0.1) is 23.7 Å². The van der Waals surface area contributed by atoms with Gasteiger partial charge in [0, 0.05) is 12.2 Å². The molecule has 2 bridgehead atoms. The molecule has 5 unspecified atom stereocenters. The summed E-state index contributed by atoms with van der Waals surface area (Å²) in [6, 6.07) is 4.69. The van der Waals surface area contributed by atoms with E-state index in [1.54, 1.807) is 19.3 Å². The normalized spacial score (nSPS) is 29.0. The summed E-state index contributed by atoms with van der Waals surface area (Å²) in [5.41, 5.74) is 2.39. The van der Waals surface area contributed by atoms with Crippen LogP contribution in [0.5, 0.6) is 0 Å². The molecule has 1 aliphatic heterocycles. The molecule has 3 amide bonds. The van der Waals surface area contributed by atoms with Gasteiger partial charge in [-0.05, 0) is 50.3 Å². The Hall–Kier alpha value is -2.96. The molecule has 0 radical (unpaired) electrons. The van der Waals surface area contributed by atoms with Gasteiger partial charge in [-0.15, -0.1) is 0 Å². The Morgan fingerprint density at radius 3 is 2.54 bits per heavy atom. The molecule has 144 valence electrons. The number of anilines is 1. The molecule has 2 aliphatic carbocycles. The number of hydrogen-bond donors (Lipinski definition) is 1. The molecule has 1 aromatic carbocycles. The highest BCUT2D eigenvalue weighted by atomic mass is 16.2. The average molecular weight is 378 g/mol. The van der Waals surface area contributed by atoms with Crippen molar-refractivity contribution in [2.45, 2.75) is 32.9 Å². The molecule has 1 N–H and O–H groups in total. The zero-order valence-corrected chi connectivity index (χ0v) is 15.8. The zero-order valence-electron chi connectivity index (χ0n) is 15.8. The molecule has 5 atom stereocenters. The Balaban J connectivity index is 1.34. The second kappa shape index (κ2) is 6.02. The molecule has 2 fully saturated rings. The third-order valence-electron chi connectivity index (χ3n) is 6.50. The first-order valence-electron chi connectivity index (χ1n) is 9.80. The standard InChI is InChI=1S/C21H22N4O3/c1-3-24-10-22-15-9-14(6-7-16(15)24)23-19(26)11(2)25-20(27)17-12-4-5-13(8-12)18(17)21(25)28/h4-7,9-13,17-18H,3,8H2,1-2H3,(H,23,26). The summed E-state index contributed by atoms with van der Waals surface area (Å²) in [4.78, 5) is 44.1. The second-order valence-electron chi connectivity index (χ2n) is 7.95. The van der Waals surface area contributed by atoms with Crippen LogP contribution in [0.1, 0.15) is 20.3 Å². The highest BCUT2D eigenvalue weighted by Crippen LogP contribution is 2.52. The summed E-state index contributed by atoms with van der Waals surface area (Å²) in [6.07, 6.45) is 6.75. The molecule has 28 heavy (non-hydrogen) atoms. The maximum Gasteiger partial charge on any atom is 0.247 e. The first-order chi connectivity index (χ1) is 13.5. The van der Waals surface area contributed by atoms with Crippen molar-refractivity contribution in [2.24, 2.45) is 23.7 Å². The number of likely N-dealkylation sites (tertiary alicyclic amines) is 1. The van der Waals surface area contributed by atoms with Crippen molar-refractivity contribution >= 4 is 34.4 Å². The number of carbonyl (C=O) groups is 3. The lowest BCUT2D eigenvalue weighted by molar-refractivity contribution is -0.146. The third kappa shape index (κ3) is 2.28. The highest BCUT2D eigenvalue weighted by molar-refractivity contribution is 6.10. The van der Waals surface area contributed by atoms with Crippen molar-refractivity contribution in [3.05, 3.63) is 36.7 Å². The van der Waals surface area contributed by atoms with Crippen LogP contribution in [-0.4, -0.2) is 38.2 Å². The lowest BCUT2D eigenvalue weighted by atomic mass is 9.85. The van der Waals surface area contributed by atoms with Gasteiger partial charge in [-0.3, -0.25) is 19.3 Å². The van der Waals surface area contributed by atoms with E-state index < -0.39 is 6.04 Å². The molecule has 1 aromatic heterocycles. The molecular weight excluding hydrogens is 356 g/mol. The van der Waals surface area contributed by atoms with E-state index in [1.807, 2.05) is 23.6 Å². The summed E-state index contributed by atoms with van der Waals surface area (Å²) in [5.74, 6) is -1.06. The zero-order chi connectivity index (χ0) is 19.6. The Kier molecular flexibility index (Phi) is 3.69. The van der Waals surface area contributed by atoms with E-state index in [4.69, 9.17) is 0 Å². The summed E-state index contributed by atoms with van der Waals surface area (Å²) < 4.78 is 2.02. The van der Waals surface area contributed by atoms with E-state index in [-0.39, 0.29) is 41.4 Å². The Morgan fingerprint density at radius 1 is 1.21 bits per heavy atom. The predicted molar refractivity (Wildman–Crippen MR) is 103 cm³/mol. The number of aromatic nitrogens is 2. The number of rotatable bonds is 4. The van der Waals surface area contributed by atoms with E-state index >= 15 is 0 Å². The van der Waals surface area contributed by atoms with Crippen molar-refractivity contribution in [2.75, 3.05) is 5.32 Å². The third-order valence-corrected chi connectivity index (χ3v) is 6.50. The lowest BCUT2D eigenvalue weighted by Crippen LogP contribution is -2.46. The van der Waals surface area contributed by atoms with Crippen LogP contribution < -0.4 is 5.32 Å². The number of nitrogens with one attached hydrogen (secondary N) is 1. The number of benzene rings is 1. The lowest BCUT2D eigenvalue weighted by Gasteiger charge is -2.23. The number of imide groups is 1. The number of imidazole rings is 1.